The molecule has 1 aromatic carbocycles. The van der Waals surface area contributed by atoms with Gasteiger partial charge in [0.1, 0.15) is 0 Å². The fraction of sp³-hybridized carbons (Fsp3) is 0.400. The Hall–Kier alpha value is -1.03. The van der Waals surface area contributed by atoms with E-state index in [1.54, 1.807) is 29.2 Å². The maximum absolute atomic E-state index is 12.2. The molecule has 0 saturated heterocycles. The van der Waals surface area contributed by atoms with Crippen LogP contribution >= 0.6 is 23.2 Å². The lowest BCUT2D eigenvalue weighted by molar-refractivity contribution is -0.130. The molecule has 0 heterocycles. The second-order valence-electron chi connectivity index (χ2n) is 4.84. The SMILES string of the molecule is O=C(/C=C/c1cc(Cl)ccc1Cl)N(CCO)C1CCC1. The summed E-state index contributed by atoms with van der Waals surface area (Å²) in [4.78, 5) is 13.9. The summed E-state index contributed by atoms with van der Waals surface area (Å²) in [6.45, 7) is 0.352. The number of hydrogen-bond acceptors (Lipinski definition) is 2. The van der Waals surface area contributed by atoms with Crippen molar-refractivity contribution >= 4 is 35.2 Å². The minimum Gasteiger partial charge on any atom is -0.395 e. The zero-order chi connectivity index (χ0) is 14.5. The number of carbonyl (C=O) groups excluding carboxylic acids is 1. The zero-order valence-corrected chi connectivity index (χ0v) is 12.6. The highest BCUT2D eigenvalue weighted by Gasteiger charge is 2.26. The number of hydrogen-bond donors (Lipinski definition) is 1. The highest BCUT2D eigenvalue weighted by atomic mass is 35.5. The second kappa shape index (κ2) is 7.11. The van der Waals surface area contributed by atoms with E-state index in [1.807, 2.05) is 0 Å². The Morgan fingerprint density at radius 2 is 2.15 bits per heavy atom. The van der Waals surface area contributed by atoms with E-state index in [1.165, 1.54) is 6.08 Å². The molecule has 0 radical (unpaired) electrons. The van der Waals surface area contributed by atoms with E-state index in [-0.39, 0.29) is 18.6 Å². The Labute approximate surface area is 128 Å². The van der Waals surface area contributed by atoms with Crippen LogP contribution in [-0.2, 0) is 4.79 Å². The molecule has 0 atom stereocenters. The molecule has 0 spiro atoms. The number of rotatable bonds is 5. The first-order chi connectivity index (χ1) is 9.61. The lowest BCUT2D eigenvalue weighted by Crippen LogP contribution is -2.44. The van der Waals surface area contributed by atoms with Gasteiger partial charge in [-0.3, -0.25) is 4.79 Å². The lowest BCUT2D eigenvalue weighted by atomic mass is 9.91. The molecule has 0 unspecified atom stereocenters. The van der Waals surface area contributed by atoms with E-state index in [9.17, 15) is 4.79 Å². The zero-order valence-electron chi connectivity index (χ0n) is 11.1. The van der Waals surface area contributed by atoms with Crippen molar-refractivity contribution in [2.24, 2.45) is 0 Å². The molecule has 5 heteroatoms. The van der Waals surface area contributed by atoms with Gasteiger partial charge in [-0.25, -0.2) is 0 Å². The molecule has 20 heavy (non-hydrogen) atoms. The van der Waals surface area contributed by atoms with Crippen LogP contribution in [0.5, 0.6) is 0 Å². The fourth-order valence-electron chi connectivity index (χ4n) is 2.18. The molecule has 1 aromatic rings. The first-order valence-electron chi connectivity index (χ1n) is 6.66. The van der Waals surface area contributed by atoms with Gasteiger partial charge in [-0.2, -0.15) is 0 Å². The maximum atomic E-state index is 12.2. The van der Waals surface area contributed by atoms with Crippen LogP contribution in [0.15, 0.2) is 24.3 Å². The molecule has 0 bridgehead atoms. The monoisotopic (exact) mass is 313 g/mol. The van der Waals surface area contributed by atoms with Crippen molar-refractivity contribution in [3.05, 3.63) is 39.9 Å². The Kier molecular flexibility index (Phi) is 5.46. The van der Waals surface area contributed by atoms with Crippen molar-refractivity contribution in [2.75, 3.05) is 13.2 Å². The predicted molar refractivity (Wildman–Crippen MR) is 81.9 cm³/mol. The largest absolute Gasteiger partial charge is 0.395 e. The molecular formula is C15H17Cl2NO2. The highest BCUT2D eigenvalue weighted by Crippen LogP contribution is 2.25. The second-order valence-corrected chi connectivity index (χ2v) is 5.68. The topological polar surface area (TPSA) is 40.5 Å². The number of carbonyl (C=O) groups is 1. The number of aliphatic hydroxyl groups is 1. The predicted octanol–water partition coefficient (Wildman–Crippen LogP) is 3.38. The third-order valence-electron chi connectivity index (χ3n) is 3.50. The van der Waals surface area contributed by atoms with Gasteiger partial charge in [0.15, 0.2) is 0 Å². The van der Waals surface area contributed by atoms with Gasteiger partial charge in [-0.1, -0.05) is 23.2 Å². The Bertz CT molecular complexity index is 513. The van der Waals surface area contributed by atoms with E-state index < -0.39 is 0 Å². The van der Waals surface area contributed by atoms with Crippen LogP contribution < -0.4 is 0 Å². The van der Waals surface area contributed by atoms with Gasteiger partial charge in [0.2, 0.25) is 5.91 Å². The molecule has 1 fully saturated rings. The van der Waals surface area contributed by atoms with Gasteiger partial charge in [-0.15, -0.1) is 0 Å². The quantitative estimate of drug-likeness (QED) is 0.847. The average molecular weight is 314 g/mol. The molecule has 2 rings (SSSR count). The van der Waals surface area contributed by atoms with Gasteiger partial charge in [-0.05, 0) is 49.1 Å². The molecule has 1 amide bonds. The summed E-state index contributed by atoms with van der Waals surface area (Å²) in [6, 6.07) is 5.38. The third kappa shape index (κ3) is 3.75. The van der Waals surface area contributed by atoms with Crippen molar-refractivity contribution in [2.45, 2.75) is 25.3 Å². The van der Waals surface area contributed by atoms with Crippen molar-refractivity contribution in [3.63, 3.8) is 0 Å². The lowest BCUT2D eigenvalue weighted by Gasteiger charge is -2.36. The van der Waals surface area contributed by atoms with Crippen molar-refractivity contribution in [1.29, 1.82) is 0 Å². The van der Waals surface area contributed by atoms with E-state index in [0.717, 1.165) is 19.3 Å². The van der Waals surface area contributed by atoms with Crippen LogP contribution in [0, 0.1) is 0 Å². The number of benzene rings is 1. The van der Waals surface area contributed by atoms with Gasteiger partial charge in [0, 0.05) is 28.7 Å². The van der Waals surface area contributed by atoms with Gasteiger partial charge in [0.05, 0.1) is 6.61 Å². The Balaban J connectivity index is 2.08. The molecule has 0 aromatic heterocycles. The smallest absolute Gasteiger partial charge is 0.246 e. The summed E-state index contributed by atoms with van der Waals surface area (Å²) < 4.78 is 0. The Morgan fingerprint density at radius 3 is 2.75 bits per heavy atom. The summed E-state index contributed by atoms with van der Waals surface area (Å²) >= 11 is 12.0. The number of nitrogens with zero attached hydrogens (tertiary/aromatic N) is 1. The molecular weight excluding hydrogens is 297 g/mol. The summed E-state index contributed by atoms with van der Waals surface area (Å²) in [5.74, 6) is -0.0974. The summed E-state index contributed by atoms with van der Waals surface area (Å²) in [5.41, 5.74) is 0.713. The highest BCUT2D eigenvalue weighted by molar-refractivity contribution is 6.34. The molecule has 3 nitrogen and oxygen atoms in total. The van der Waals surface area contributed by atoms with Crippen molar-refractivity contribution in [1.82, 2.24) is 4.90 Å². The summed E-state index contributed by atoms with van der Waals surface area (Å²) in [7, 11) is 0. The maximum Gasteiger partial charge on any atom is 0.246 e. The summed E-state index contributed by atoms with van der Waals surface area (Å²) in [6.07, 6.45) is 6.32. The first kappa shape index (κ1) is 15.4. The normalized spacial score (nSPS) is 15.3. The van der Waals surface area contributed by atoms with Crippen molar-refractivity contribution < 1.29 is 9.90 Å². The average Bonchev–Trinajstić information content (AvgIpc) is 2.37. The Morgan fingerprint density at radius 1 is 1.40 bits per heavy atom. The summed E-state index contributed by atoms with van der Waals surface area (Å²) in [5, 5.41) is 10.2. The number of aliphatic hydroxyl groups excluding tert-OH is 1. The van der Waals surface area contributed by atoms with Crippen LogP contribution in [0.4, 0.5) is 0 Å². The molecule has 1 N–H and O–H groups in total. The fourth-order valence-corrected chi connectivity index (χ4v) is 2.54. The van der Waals surface area contributed by atoms with Gasteiger partial charge >= 0.3 is 0 Å². The minimum atomic E-state index is -0.0974. The first-order valence-corrected chi connectivity index (χ1v) is 7.42. The van der Waals surface area contributed by atoms with Crippen LogP contribution in [0.2, 0.25) is 10.0 Å². The van der Waals surface area contributed by atoms with E-state index >= 15 is 0 Å². The van der Waals surface area contributed by atoms with Crippen LogP contribution in [-0.4, -0.2) is 35.1 Å². The van der Waals surface area contributed by atoms with Crippen molar-refractivity contribution in [3.8, 4) is 0 Å². The molecule has 108 valence electrons. The number of amides is 1. The van der Waals surface area contributed by atoms with Gasteiger partial charge in [0.25, 0.3) is 0 Å². The number of halogens is 2. The van der Waals surface area contributed by atoms with Crippen LogP contribution in [0.1, 0.15) is 24.8 Å². The third-order valence-corrected chi connectivity index (χ3v) is 4.08. The molecule has 1 aliphatic carbocycles. The molecule has 1 saturated carbocycles. The van der Waals surface area contributed by atoms with Gasteiger partial charge < -0.3 is 10.0 Å². The minimum absolute atomic E-state index is 0.0198. The standard InChI is InChI=1S/C15H17Cl2NO2/c16-12-5-6-14(17)11(10-12)4-7-15(20)18(8-9-19)13-2-1-3-13/h4-7,10,13,19H,1-3,8-9H2/b7-4+. The molecule has 0 aliphatic heterocycles. The molecule has 1 aliphatic rings. The van der Waals surface area contributed by atoms with E-state index in [0.29, 0.717) is 22.2 Å². The van der Waals surface area contributed by atoms with Crippen LogP contribution in [0.25, 0.3) is 6.08 Å². The van der Waals surface area contributed by atoms with E-state index in [4.69, 9.17) is 28.3 Å². The van der Waals surface area contributed by atoms with Crippen LogP contribution in [0.3, 0.4) is 0 Å². The van der Waals surface area contributed by atoms with E-state index in [2.05, 4.69) is 0 Å².